The molecule has 2 heterocycles. The van der Waals surface area contributed by atoms with Crippen LogP contribution in [0.15, 0.2) is 21.2 Å². The van der Waals surface area contributed by atoms with Gasteiger partial charge in [-0.25, -0.2) is 0 Å². The summed E-state index contributed by atoms with van der Waals surface area (Å²) in [6, 6.07) is 3.39. The Morgan fingerprint density at radius 3 is 3.00 bits per heavy atom. The van der Waals surface area contributed by atoms with Crippen molar-refractivity contribution in [3.05, 3.63) is 22.6 Å². The van der Waals surface area contributed by atoms with Gasteiger partial charge in [-0.15, -0.1) is 0 Å². The van der Waals surface area contributed by atoms with Gasteiger partial charge in [0.05, 0.1) is 6.10 Å². The molecule has 5 heteroatoms. The van der Waals surface area contributed by atoms with E-state index in [9.17, 15) is 4.79 Å². The lowest BCUT2D eigenvalue weighted by atomic mass is 10.3. The van der Waals surface area contributed by atoms with E-state index in [0.717, 1.165) is 13.0 Å². The highest BCUT2D eigenvalue weighted by molar-refractivity contribution is 9.10. The maximum absolute atomic E-state index is 11.9. The molecule has 1 aliphatic heterocycles. The van der Waals surface area contributed by atoms with E-state index in [4.69, 9.17) is 9.15 Å². The van der Waals surface area contributed by atoms with E-state index in [2.05, 4.69) is 15.9 Å². The van der Waals surface area contributed by atoms with Gasteiger partial charge in [-0.2, -0.15) is 0 Å². The average Bonchev–Trinajstić information content (AvgIpc) is 2.84. The summed E-state index contributed by atoms with van der Waals surface area (Å²) in [5, 5.41) is 0. The van der Waals surface area contributed by atoms with Gasteiger partial charge in [0.15, 0.2) is 10.4 Å². The maximum atomic E-state index is 11.9. The molecule has 0 spiro atoms. The van der Waals surface area contributed by atoms with Crippen LogP contribution in [-0.2, 0) is 4.74 Å². The topological polar surface area (TPSA) is 42.7 Å². The number of amides is 1. The second-order valence-electron chi connectivity index (χ2n) is 3.50. The van der Waals surface area contributed by atoms with Gasteiger partial charge >= 0.3 is 0 Å². The first-order chi connectivity index (χ1) is 7.20. The number of carbonyl (C=O) groups is 1. The van der Waals surface area contributed by atoms with Crippen LogP contribution in [0.1, 0.15) is 17.0 Å². The third-order valence-corrected chi connectivity index (χ3v) is 2.98. The van der Waals surface area contributed by atoms with E-state index in [1.54, 1.807) is 24.1 Å². The van der Waals surface area contributed by atoms with Crippen LogP contribution in [0, 0.1) is 0 Å². The molecule has 0 radical (unpaired) electrons. The Balaban J connectivity index is 2.03. The second kappa shape index (κ2) is 4.37. The van der Waals surface area contributed by atoms with E-state index in [-0.39, 0.29) is 12.0 Å². The molecule has 1 aromatic rings. The third-order valence-electron chi connectivity index (χ3n) is 2.55. The van der Waals surface area contributed by atoms with Crippen LogP contribution in [0.3, 0.4) is 0 Å². The standard InChI is InChI=1S/C10H12BrNO3/c1-14-7-4-5-12(6-7)10(13)8-2-3-9(11)15-8/h2-3,7H,4-6H2,1H3. The number of likely N-dealkylation sites (tertiary alicyclic amines) is 1. The number of ether oxygens (including phenoxy) is 1. The average molecular weight is 274 g/mol. The van der Waals surface area contributed by atoms with Crippen LogP contribution in [0.25, 0.3) is 0 Å². The summed E-state index contributed by atoms with van der Waals surface area (Å²) >= 11 is 3.17. The van der Waals surface area contributed by atoms with E-state index >= 15 is 0 Å². The van der Waals surface area contributed by atoms with E-state index in [1.165, 1.54) is 0 Å². The lowest BCUT2D eigenvalue weighted by molar-refractivity contribution is 0.0694. The smallest absolute Gasteiger partial charge is 0.289 e. The summed E-state index contributed by atoms with van der Waals surface area (Å²) in [4.78, 5) is 13.6. The molecule has 82 valence electrons. The van der Waals surface area contributed by atoms with Crippen molar-refractivity contribution < 1.29 is 13.9 Å². The van der Waals surface area contributed by atoms with Gasteiger partial charge in [-0.3, -0.25) is 4.79 Å². The molecule has 1 saturated heterocycles. The molecule has 15 heavy (non-hydrogen) atoms. The quantitative estimate of drug-likeness (QED) is 0.827. The van der Waals surface area contributed by atoms with Gasteiger partial charge in [-0.05, 0) is 34.5 Å². The SMILES string of the molecule is COC1CCN(C(=O)c2ccc(Br)o2)C1. The minimum Gasteiger partial charge on any atom is -0.444 e. The number of halogens is 1. The monoisotopic (exact) mass is 273 g/mol. The largest absolute Gasteiger partial charge is 0.444 e. The van der Waals surface area contributed by atoms with Gasteiger partial charge in [0.1, 0.15) is 0 Å². The Kier molecular flexibility index (Phi) is 3.11. The predicted molar refractivity (Wildman–Crippen MR) is 57.7 cm³/mol. The normalized spacial score (nSPS) is 20.9. The van der Waals surface area contributed by atoms with Crippen molar-refractivity contribution in [1.82, 2.24) is 4.90 Å². The maximum Gasteiger partial charge on any atom is 0.289 e. The summed E-state index contributed by atoms with van der Waals surface area (Å²) in [6.45, 7) is 1.38. The number of carbonyl (C=O) groups excluding carboxylic acids is 1. The fourth-order valence-electron chi connectivity index (χ4n) is 1.69. The fraction of sp³-hybridized carbons (Fsp3) is 0.500. The second-order valence-corrected chi connectivity index (χ2v) is 4.28. The van der Waals surface area contributed by atoms with Crippen molar-refractivity contribution in [3.8, 4) is 0 Å². The molecule has 1 atom stereocenters. The first-order valence-corrected chi connectivity index (χ1v) is 5.57. The first-order valence-electron chi connectivity index (χ1n) is 4.78. The highest BCUT2D eigenvalue weighted by Gasteiger charge is 2.28. The molecule has 0 aromatic carbocycles. The molecule has 1 amide bonds. The van der Waals surface area contributed by atoms with E-state index in [0.29, 0.717) is 17.0 Å². The minimum atomic E-state index is -0.0692. The number of furan rings is 1. The zero-order valence-corrected chi connectivity index (χ0v) is 9.99. The van der Waals surface area contributed by atoms with Crippen LogP contribution < -0.4 is 0 Å². The molecule has 0 bridgehead atoms. The number of hydrogen-bond acceptors (Lipinski definition) is 3. The van der Waals surface area contributed by atoms with Gasteiger partial charge in [0.25, 0.3) is 5.91 Å². The Labute approximate surface area is 96.3 Å². The number of nitrogens with zero attached hydrogens (tertiary/aromatic N) is 1. The van der Waals surface area contributed by atoms with Crippen molar-refractivity contribution in [2.24, 2.45) is 0 Å². The summed E-state index contributed by atoms with van der Waals surface area (Å²) < 4.78 is 11.0. The van der Waals surface area contributed by atoms with Gasteiger partial charge in [0.2, 0.25) is 0 Å². The molecule has 2 rings (SSSR count). The molecule has 0 N–H and O–H groups in total. The molecule has 1 unspecified atom stereocenters. The van der Waals surface area contributed by atoms with Gasteiger partial charge < -0.3 is 14.1 Å². The molecule has 0 saturated carbocycles. The lowest BCUT2D eigenvalue weighted by Crippen LogP contribution is -2.29. The molecule has 0 aliphatic carbocycles. The van der Waals surface area contributed by atoms with Crippen molar-refractivity contribution in [2.75, 3.05) is 20.2 Å². The van der Waals surface area contributed by atoms with Crippen LogP contribution in [0.4, 0.5) is 0 Å². The number of rotatable bonds is 2. The summed E-state index contributed by atoms with van der Waals surface area (Å²) in [5.74, 6) is 0.305. The van der Waals surface area contributed by atoms with Crippen LogP contribution in [0.2, 0.25) is 0 Å². The molecule has 4 nitrogen and oxygen atoms in total. The third kappa shape index (κ3) is 2.23. The van der Waals surface area contributed by atoms with Crippen LogP contribution >= 0.6 is 15.9 Å². The molecule has 1 fully saturated rings. The van der Waals surface area contributed by atoms with Crippen molar-refractivity contribution in [3.63, 3.8) is 0 Å². The lowest BCUT2D eigenvalue weighted by Gasteiger charge is -2.14. The molecular weight excluding hydrogens is 262 g/mol. The zero-order chi connectivity index (χ0) is 10.8. The molecule has 1 aromatic heterocycles. The first kappa shape index (κ1) is 10.7. The van der Waals surface area contributed by atoms with Gasteiger partial charge in [0, 0.05) is 20.2 Å². The fourth-order valence-corrected chi connectivity index (χ4v) is 2.00. The predicted octanol–water partition coefficient (Wildman–Crippen LogP) is 1.90. The summed E-state index contributed by atoms with van der Waals surface area (Å²) in [6.07, 6.45) is 1.05. The highest BCUT2D eigenvalue weighted by atomic mass is 79.9. The Morgan fingerprint density at radius 1 is 1.67 bits per heavy atom. The minimum absolute atomic E-state index is 0.0692. The molecular formula is C10H12BrNO3. The van der Waals surface area contributed by atoms with Crippen molar-refractivity contribution in [1.29, 1.82) is 0 Å². The van der Waals surface area contributed by atoms with Crippen molar-refractivity contribution in [2.45, 2.75) is 12.5 Å². The Bertz CT molecular complexity index is 363. The summed E-state index contributed by atoms with van der Waals surface area (Å²) in [7, 11) is 1.67. The van der Waals surface area contributed by atoms with E-state index in [1.807, 2.05) is 0 Å². The van der Waals surface area contributed by atoms with E-state index < -0.39 is 0 Å². The Hall–Kier alpha value is -0.810. The highest BCUT2D eigenvalue weighted by Crippen LogP contribution is 2.19. The van der Waals surface area contributed by atoms with Crippen LogP contribution in [0.5, 0.6) is 0 Å². The van der Waals surface area contributed by atoms with Crippen LogP contribution in [-0.4, -0.2) is 37.1 Å². The van der Waals surface area contributed by atoms with Crippen molar-refractivity contribution >= 4 is 21.8 Å². The summed E-state index contributed by atoms with van der Waals surface area (Å²) in [5.41, 5.74) is 0. The van der Waals surface area contributed by atoms with Gasteiger partial charge in [-0.1, -0.05) is 0 Å². The number of methoxy groups -OCH3 is 1. The Morgan fingerprint density at radius 2 is 2.47 bits per heavy atom. The zero-order valence-electron chi connectivity index (χ0n) is 8.40. The number of hydrogen-bond donors (Lipinski definition) is 0. The molecule has 1 aliphatic rings.